The quantitative estimate of drug-likeness (QED) is 0.904. The molecule has 1 N–H and O–H groups in total. The first kappa shape index (κ1) is 16.1. The Bertz CT molecular complexity index is 445. The first-order chi connectivity index (χ1) is 9.92. The fourth-order valence-electron chi connectivity index (χ4n) is 2.67. The average Bonchev–Trinajstić information content (AvgIpc) is 2.38. The van der Waals surface area contributed by atoms with Crippen molar-refractivity contribution in [2.45, 2.75) is 38.2 Å². The topological polar surface area (TPSA) is 24.5 Å². The summed E-state index contributed by atoms with van der Waals surface area (Å²) in [6.07, 6.45) is -1.03. The van der Waals surface area contributed by atoms with Gasteiger partial charge in [-0.15, -0.1) is 13.2 Å². The molecule has 3 nitrogen and oxygen atoms in total. The third kappa shape index (κ3) is 5.93. The van der Waals surface area contributed by atoms with Gasteiger partial charge >= 0.3 is 6.36 Å². The van der Waals surface area contributed by atoms with Crippen LogP contribution < -0.4 is 10.1 Å². The lowest BCUT2D eigenvalue weighted by Crippen LogP contribution is -2.42. The second-order valence-corrected chi connectivity index (χ2v) is 5.54. The minimum Gasteiger partial charge on any atom is -0.406 e. The Hall–Kier alpha value is -1.27. The summed E-state index contributed by atoms with van der Waals surface area (Å²) in [4.78, 5) is 2.12. The van der Waals surface area contributed by atoms with Gasteiger partial charge in [-0.2, -0.15) is 0 Å². The van der Waals surface area contributed by atoms with Crippen molar-refractivity contribution in [3.8, 4) is 5.75 Å². The van der Waals surface area contributed by atoms with Gasteiger partial charge in [0.25, 0.3) is 0 Å². The van der Waals surface area contributed by atoms with E-state index in [2.05, 4.69) is 15.0 Å². The van der Waals surface area contributed by atoms with Crippen molar-refractivity contribution in [3.63, 3.8) is 0 Å². The fraction of sp³-hybridized carbons (Fsp3) is 0.600. The SMILES string of the molecule is CN(Cc1cccc(OC(F)(F)F)c1)CC1CCCCN1. The van der Waals surface area contributed by atoms with E-state index in [9.17, 15) is 13.2 Å². The van der Waals surface area contributed by atoms with Gasteiger partial charge in [-0.1, -0.05) is 18.6 Å². The molecule has 0 aromatic heterocycles. The van der Waals surface area contributed by atoms with Crippen molar-refractivity contribution in [2.24, 2.45) is 0 Å². The number of alkyl halides is 3. The van der Waals surface area contributed by atoms with Gasteiger partial charge in [-0.3, -0.25) is 0 Å². The molecule has 1 atom stereocenters. The van der Waals surface area contributed by atoms with Crippen LogP contribution in [-0.4, -0.2) is 37.4 Å². The summed E-state index contributed by atoms with van der Waals surface area (Å²) in [6, 6.07) is 6.63. The van der Waals surface area contributed by atoms with Crippen LogP contribution in [0.4, 0.5) is 13.2 Å². The molecule has 0 amide bonds. The summed E-state index contributed by atoms with van der Waals surface area (Å²) in [5.41, 5.74) is 0.815. The summed E-state index contributed by atoms with van der Waals surface area (Å²) < 4.78 is 40.6. The summed E-state index contributed by atoms with van der Waals surface area (Å²) in [7, 11) is 1.98. The van der Waals surface area contributed by atoms with Crippen molar-refractivity contribution in [1.29, 1.82) is 0 Å². The summed E-state index contributed by atoms with van der Waals surface area (Å²) in [5.74, 6) is -0.163. The number of nitrogens with zero attached hydrogens (tertiary/aromatic N) is 1. The number of piperidine rings is 1. The van der Waals surface area contributed by atoms with Gasteiger partial charge < -0.3 is 15.0 Å². The Morgan fingerprint density at radius 1 is 1.33 bits per heavy atom. The van der Waals surface area contributed by atoms with Gasteiger partial charge in [0.05, 0.1) is 0 Å². The highest BCUT2D eigenvalue weighted by Crippen LogP contribution is 2.23. The molecule has 0 aliphatic carbocycles. The first-order valence-electron chi connectivity index (χ1n) is 7.19. The molecule has 118 valence electrons. The minimum absolute atomic E-state index is 0.163. The Morgan fingerprint density at radius 2 is 2.14 bits per heavy atom. The standard InChI is InChI=1S/C15H21F3N2O/c1-20(11-13-6-2-3-8-19-13)10-12-5-4-7-14(9-12)21-15(16,17)18/h4-5,7,9,13,19H,2-3,6,8,10-11H2,1H3. The lowest BCUT2D eigenvalue weighted by Gasteiger charge is -2.28. The molecule has 21 heavy (non-hydrogen) atoms. The second kappa shape index (κ2) is 7.13. The molecular formula is C15H21F3N2O. The van der Waals surface area contributed by atoms with Crippen LogP contribution in [0.5, 0.6) is 5.75 Å². The molecule has 0 radical (unpaired) electrons. The molecule has 1 heterocycles. The number of hydrogen-bond acceptors (Lipinski definition) is 3. The maximum Gasteiger partial charge on any atom is 0.573 e. The highest BCUT2D eigenvalue weighted by atomic mass is 19.4. The largest absolute Gasteiger partial charge is 0.573 e. The summed E-state index contributed by atoms with van der Waals surface area (Å²) >= 11 is 0. The number of rotatable bonds is 5. The van der Waals surface area contributed by atoms with Crippen molar-refractivity contribution < 1.29 is 17.9 Å². The minimum atomic E-state index is -4.64. The smallest absolute Gasteiger partial charge is 0.406 e. The van der Waals surface area contributed by atoms with Crippen LogP contribution in [-0.2, 0) is 6.54 Å². The van der Waals surface area contributed by atoms with Gasteiger partial charge in [0.2, 0.25) is 0 Å². The zero-order chi connectivity index (χ0) is 15.3. The molecule has 0 bridgehead atoms. The molecule has 0 saturated carbocycles. The normalized spacial score (nSPS) is 19.8. The first-order valence-corrected chi connectivity index (χ1v) is 7.19. The van der Waals surface area contributed by atoms with E-state index in [0.717, 1.165) is 25.1 Å². The number of benzene rings is 1. The lowest BCUT2D eigenvalue weighted by atomic mass is 10.0. The molecule has 6 heteroatoms. The zero-order valence-electron chi connectivity index (χ0n) is 12.1. The lowest BCUT2D eigenvalue weighted by molar-refractivity contribution is -0.274. The second-order valence-electron chi connectivity index (χ2n) is 5.54. The van der Waals surface area contributed by atoms with Gasteiger partial charge in [0.1, 0.15) is 5.75 Å². The number of halogens is 3. The van der Waals surface area contributed by atoms with Gasteiger partial charge in [-0.25, -0.2) is 0 Å². The van der Waals surface area contributed by atoms with E-state index in [1.807, 2.05) is 13.1 Å². The molecule has 1 aromatic rings. The predicted molar refractivity (Wildman–Crippen MR) is 75.1 cm³/mol. The number of nitrogens with one attached hydrogen (secondary N) is 1. The molecule has 1 fully saturated rings. The van der Waals surface area contributed by atoms with E-state index in [0.29, 0.717) is 12.6 Å². The van der Waals surface area contributed by atoms with Crippen LogP contribution in [0.15, 0.2) is 24.3 Å². The molecule has 1 unspecified atom stereocenters. The zero-order valence-corrected chi connectivity index (χ0v) is 12.1. The molecular weight excluding hydrogens is 281 g/mol. The van der Waals surface area contributed by atoms with Gasteiger partial charge in [0, 0.05) is 19.1 Å². The monoisotopic (exact) mass is 302 g/mol. The maximum absolute atomic E-state index is 12.2. The summed E-state index contributed by atoms with van der Waals surface area (Å²) in [5, 5.41) is 3.46. The number of likely N-dealkylation sites (N-methyl/N-ethyl adjacent to an activating group) is 1. The van der Waals surface area contributed by atoms with Crippen LogP contribution >= 0.6 is 0 Å². The predicted octanol–water partition coefficient (Wildman–Crippen LogP) is 3.16. The highest BCUT2D eigenvalue weighted by molar-refractivity contribution is 5.28. The van der Waals surface area contributed by atoms with E-state index in [4.69, 9.17) is 0 Å². The van der Waals surface area contributed by atoms with E-state index in [1.165, 1.54) is 25.0 Å². The van der Waals surface area contributed by atoms with E-state index in [-0.39, 0.29) is 5.75 Å². The number of ether oxygens (including phenoxy) is 1. The maximum atomic E-state index is 12.2. The van der Waals surface area contributed by atoms with Crippen molar-refractivity contribution in [3.05, 3.63) is 29.8 Å². The molecule has 1 saturated heterocycles. The fourth-order valence-corrected chi connectivity index (χ4v) is 2.67. The van der Waals surface area contributed by atoms with Crippen molar-refractivity contribution >= 4 is 0 Å². The van der Waals surface area contributed by atoms with E-state index >= 15 is 0 Å². The van der Waals surface area contributed by atoms with Crippen LogP contribution in [0.25, 0.3) is 0 Å². The number of hydrogen-bond donors (Lipinski definition) is 1. The van der Waals surface area contributed by atoms with Crippen molar-refractivity contribution in [1.82, 2.24) is 10.2 Å². The molecule has 1 aliphatic rings. The average molecular weight is 302 g/mol. The molecule has 1 aliphatic heterocycles. The van der Waals surface area contributed by atoms with Crippen LogP contribution in [0.2, 0.25) is 0 Å². The van der Waals surface area contributed by atoms with Crippen LogP contribution in [0.1, 0.15) is 24.8 Å². The van der Waals surface area contributed by atoms with Gasteiger partial charge in [0.15, 0.2) is 0 Å². The van der Waals surface area contributed by atoms with Crippen LogP contribution in [0, 0.1) is 0 Å². The van der Waals surface area contributed by atoms with Crippen LogP contribution in [0.3, 0.4) is 0 Å². The van der Waals surface area contributed by atoms with Crippen molar-refractivity contribution in [2.75, 3.05) is 20.1 Å². The third-order valence-corrected chi connectivity index (χ3v) is 3.53. The summed E-state index contributed by atoms with van der Waals surface area (Å²) in [6.45, 7) is 2.55. The molecule has 2 rings (SSSR count). The Kier molecular flexibility index (Phi) is 5.47. The van der Waals surface area contributed by atoms with E-state index in [1.54, 1.807) is 6.07 Å². The Balaban J connectivity index is 1.88. The van der Waals surface area contributed by atoms with Gasteiger partial charge in [-0.05, 0) is 44.1 Å². The van der Waals surface area contributed by atoms with E-state index < -0.39 is 6.36 Å². The Morgan fingerprint density at radius 3 is 2.81 bits per heavy atom. The Labute approximate surface area is 123 Å². The molecule has 0 spiro atoms. The molecule has 1 aromatic carbocycles. The third-order valence-electron chi connectivity index (χ3n) is 3.53. The highest BCUT2D eigenvalue weighted by Gasteiger charge is 2.31.